The molecule has 0 saturated carbocycles. The second-order valence-corrected chi connectivity index (χ2v) is 7.15. The predicted octanol–water partition coefficient (Wildman–Crippen LogP) is 3.29. The molecule has 2 fully saturated rings. The molecule has 2 aliphatic rings. The smallest absolute Gasteiger partial charge is 0.333 e. The molecule has 7 heteroatoms. The summed E-state index contributed by atoms with van der Waals surface area (Å²) in [5, 5.41) is -0.182. The molecule has 0 radical (unpaired) electrons. The van der Waals surface area contributed by atoms with E-state index in [9.17, 15) is 9.59 Å². The molecule has 0 N–H and O–H groups in total. The molecule has 6 nitrogen and oxygen atoms in total. The van der Waals surface area contributed by atoms with Gasteiger partial charge in [0.15, 0.2) is 0 Å². The lowest BCUT2D eigenvalue weighted by molar-refractivity contribution is -0.119. The molecule has 0 spiro atoms. The summed E-state index contributed by atoms with van der Waals surface area (Å²) in [6.07, 6.45) is 0. The zero-order valence-corrected chi connectivity index (χ0v) is 15.2. The molecule has 4 rings (SSSR count). The first-order valence-corrected chi connectivity index (χ1v) is 9.25. The number of urea groups is 1. The van der Waals surface area contributed by atoms with E-state index in [1.54, 1.807) is 55.1 Å². The molecule has 26 heavy (non-hydrogen) atoms. The molecule has 3 amide bonds. The van der Waals surface area contributed by atoms with Crippen molar-refractivity contribution in [2.24, 2.45) is 0 Å². The Bertz CT molecular complexity index is 855. The van der Waals surface area contributed by atoms with Crippen LogP contribution in [0, 0.1) is 0 Å². The minimum absolute atomic E-state index is 0.182. The zero-order chi connectivity index (χ0) is 18.3. The second kappa shape index (κ2) is 6.57. The van der Waals surface area contributed by atoms with E-state index in [1.807, 2.05) is 24.3 Å². The van der Waals surface area contributed by atoms with E-state index in [0.29, 0.717) is 17.2 Å². The van der Waals surface area contributed by atoms with Gasteiger partial charge in [-0.25, -0.2) is 9.69 Å². The quantitative estimate of drug-likeness (QED) is 0.773. The summed E-state index contributed by atoms with van der Waals surface area (Å²) in [7, 11) is 3.17. The van der Waals surface area contributed by atoms with Gasteiger partial charge in [-0.05, 0) is 29.8 Å². The van der Waals surface area contributed by atoms with Crippen molar-refractivity contribution >= 4 is 29.4 Å². The van der Waals surface area contributed by atoms with E-state index in [-0.39, 0.29) is 17.3 Å². The highest BCUT2D eigenvalue weighted by Gasteiger charge is 2.53. The Morgan fingerprint density at radius 3 is 2.42 bits per heavy atom. The average molecular weight is 370 g/mol. The maximum Gasteiger partial charge on any atom is 0.333 e. The van der Waals surface area contributed by atoms with Crippen LogP contribution < -0.4 is 14.4 Å². The molecule has 0 aliphatic carbocycles. The van der Waals surface area contributed by atoms with E-state index in [0.717, 1.165) is 11.3 Å². The fourth-order valence-corrected chi connectivity index (χ4v) is 4.72. The van der Waals surface area contributed by atoms with Crippen molar-refractivity contribution in [2.45, 2.75) is 11.4 Å². The van der Waals surface area contributed by atoms with Crippen LogP contribution in [0.25, 0.3) is 0 Å². The van der Waals surface area contributed by atoms with Gasteiger partial charge in [0.2, 0.25) is 0 Å². The molecule has 2 saturated heterocycles. The molecule has 134 valence electrons. The van der Waals surface area contributed by atoms with Crippen molar-refractivity contribution in [3.8, 4) is 11.5 Å². The molecular weight excluding hydrogens is 352 g/mol. The number of methoxy groups -OCH3 is 2. The maximum atomic E-state index is 13.1. The summed E-state index contributed by atoms with van der Waals surface area (Å²) in [6, 6.07) is 13.9. The van der Waals surface area contributed by atoms with E-state index < -0.39 is 6.04 Å². The van der Waals surface area contributed by atoms with Crippen molar-refractivity contribution in [1.82, 2.24) is 4.90 Å². The van der Waals surface area contributed by atoms with Crippen LogP contribution in [-0.2, 0) is 4.79 Å². The molecule has 2 heterocycles. The Hall–Kier alpha value is -2.67. The third-order valence-corrected chi connectivity index (χ3v) is 5.95. The number of carbonyl (C=O) groups is 2. The zero-order valence-electron chi connectivity index (χ0n) is 14.4. The summed E-state index contributed by atoms with van der Waals surface area (Å²) < 4.78 is 10.4. The monoisotopic (exact) mass is 370 g/mol. The molecule has 2 aliphatic heterocycles. The number of hydrogen-bond donors (Lipinski definition) is 0. The summed E-state index contributed by atoms with van der Waals surface area (Å²) in [4.78, 5) is 28.8. The number of imide groups is 1. The lowest BCUT2D eigenvalue weighted by Crippen LogP contribution is -2.33. The average Bonchev–Trinajstić information content (AvgIpc) is 3.22. The lowest BCUT2D eigenvalue weighted by Gasteiger charge is -2.23. The van der Waals surface area contributed by atoms with E-state index in [4.69, 9.17) is 9.47 Å². The largest absolute Gasteiger partial charge is 0.497 e. The number of nitrogens with zero attached hydrogens (tertiary/aromatic N) is 2. The van der Waals surface area contributed by atoms with Crippen LogP contribution in [0.15, 0.2) is 48.5 Å². The SMILES string of the molecule is COc1ccc([C@@H]2SC[C@H]3C(=O)N(c4cccc(OC)c4)C(=O)N32)cc1. The first-order chi connectivity index (χ1) is 12.6. The summed E-state index contributed by atoms with van der Waals surface area (Å²) in [5.74, 6) is 1.76. The van der Waals surface area contributed by atoms with E-state index in [1.165, 1.54) is 4.90 Å². The van der Waals surface area contributed by atoms with Crippen molar-refractivity contribution in [3.63, 3.8) is 0 Å². The number of benzene rings is 2. The Kier molecular flexibility index (Phi) is 4.24. The maximum absolute atomic E-state index is 13.1. The van der Waals surface area contributed by atoms with Gasteiger partial charge in [-0.1, -0.05) is 18.2 Å². The molecule has 2 atom stereocenters. The second-order valence-electron chi connectivity index (χ2n) is 6.04. The Morgan fingerprint density at radius 2 is 1.73 bits per heavy atom. The summed E-state index contributed by atoms with van der Waals surface area (Å²) in [6.45, 7) is 0. The molecule has 2 aromatic carbocycles. The van der Waals surface area contributed by atoms with Gasteiger partial charge in [0.1, 0.15) is 22.9 Å². The first kappa shape index (κ1) is 16.8. The van der Waals surface area contributed by atoms with Gasteiger partial charge in [-0.15, -0.1) is 11.8 Å². The number of anilines is 1. The third-order valence-electron chi connectivity index (χ3n) is 4.63. The highest BCUT2D eigenvalue weighted by Crippen LogP contribution is 2.46. The Labute approximate surface area is 155 Å². The van der Waals surface area contributed by atoms with Crippen molar-refractivity contribution in [3.05, 3.63) is 54.1 Å². The number of hydrogen-bond acceptors (Lipinski definition) is 5. The highest BCUT2D eigenvalue weighted by molar-refractivity contribution is 7.99. The van der Waals surface area contributed by atoms with Gasteiger partial charge >= 0.3 is 6.03 Å². The highest BCUT2D eigenvalue weighted by atomic mass is 32.2. The van der Waals surface area contributed by atoms with Gasteiger partial charge in [0.25, 0.3) is 5.91 Å². The van der Waals surface area contributed by atoms with Crippen LogP contribution in [0.2, 0.25) is 0 Å². The van der Waals surface area contributed by atoms with Crippen LogP contribution in [0.5, 0.6) is 11.5 Å². The Balaban J connectivity index is 1.65. The standard InChI is InChI=1S/C19H18N2O4S/c1-24-14-8-6-12(7-9-14)18-21-16(11-26-18)17(22)20(19(21)23)13-4-3-5-15(10-13)25-2/h3-10,16,18H,11H2,1-2H3/t16-,18-/m0/s1. The van der Waals surface area contributed by atoms with Crippen molar-refractivity contribution in [2.75, 3.05) is 24.9 Å². The number of carbonyl (C=O) groups excluding carboxylic acids is 2. The topological polar surface area (TPSA) is 59.1 Å². The number of rotatable bonds is 4. The summed E-state index contributed by atoms with van der Waals surface area (Å²) >= 11 is 1.61. The molecule has 0 bridgehead atoms. The Morgan fingerprint density at radius 1 is 1.00 bits per heavy atom. The van der Waals surface area contributed by atoms with Crippen LogP contribution in [0.3, 0.4) is 0 Å². The van der Waals surface area contributed by atoms with Gasteiger partial charge in [-0.3, -0.25) is 9.69 Å². The first-order valence-electron chi connectivity index (χ1n) is 8.20. The van der Waals surface area contributed by atoms with E-state index in [2.05, 4.69) is 0 Å². The number of thioether (sulfide) groups is 1. The lowest BCUT2D eigenvalue weighted by atomic mass is 10.2. The van der Waals surface area contributed by atoms with Gasteiger partial charge < -0.3 is 9.47 Å². The van der Waals surface area contributed by atoms with Crippen LogP contribution in [0.1, 0.15) is 10.9 Å². The predicted molar refractivity (Wildman–Crippen MR) is 99.7 cm³/mol. The van der Waals surface area contributed by atoms with Crippen molar-refractivity contribution in [1.29, 1.82) is 0 Å². The fraction of sp³-hybridized carbons (Fsp3) is 0.263. The molecule has 2 aromatic rings. The van der Waals surface area contributed by atoms with Crippen LogP contribution >= 0.6 is 11.8 Å². The summed E-state index contributed by atoms with van der Waals surface area (Å²) in [5.41, 5.74) is 1.51. The third kappa shape index (κ3) is 2.59. The van der Waals surface area contributed by atoms with Gasteiger partial charge in [-0.2, -0.15) is 0 Å². The van der Waals surface area contributed by atoms with E-state index >= 15 is 0 Å². The molecular formula is C19H18N2O4S. The van der Waals surface area contributed by atoms with Crippen LogP contribution in [0.4, 0.5) is 10.5 Å². The minimum atomic E-state index is -0.439. The normalized spacial score (nSPS) is 21.9. The van der Waals surface area contributed by atoms with Gasteiger partial charge in [0, 0.05) is 11.8 Å². The number of ether oxygens (including phenoxy) is 2. The number of amides is 3. The molecule has 0 aromatic heterocycles. The van der Waals surface area contributed by atoms with Crippen molar-refractivity contribution < 1.29 is 19.1 Å². The fourth-order valence-electron chi connectivity index (χ4n) is 3.30. The van der Waals surface area contributed by atoms with Gasteiger partial charge in [0.05, 0.1) is 19.9 Å². The minimum Gasteiger partial charge on any atom is -0.497 e. The molecule has 0 unspecified atom stereocenters. The van der Waals surface area contributed by atoms with Crippen LogP contribution in [-0.4, -0.2) is 42.9 Å². The number of fused-ring (bicyclic) bond motifs is 1.